The highest BCUT2D eigenvalue weighted by atomic mass is 19.1. The molecule has 0 amide bonds. The third-order valence-corrected chi connectivity index (χ3v) is 4.29. The minimum Gasteiger partial charge on any atom is -0.381 e. The van der Waals surface area contributed by atoms with Gasteiger partial charge in [0.1, 0.15) is 11.6 Å². The number of fused-ring (bicyclic) bond motifs is 1. The predicted octanol–water partition coefficient (Wildman–Crippen LogP) is 1.99. The molecule has 6 heteroatoms. The van der Waals surface area contributed by atoms with Gasteiger partial charge in [-0.05, 0) is 37.5 Å². The molecular weight excluding hydrogens is 285 g/mol. The molecule has 22 heavy (non-hydrogen) atoms. The summed E-state index contributed by atoms with van der Waals surface area (Å²) in [5.74, 6) is 0.452. The predicted molar refractivity (Wildman–Crippen MR) is 82.3 cm³/mol. The van der Waals surface area contributed by atoms with Gasteiger partial charge in [0.05, 0.1) is 10.9 Å². The van der Waals surface area contributed by atoms with Gasteiger partial charge in [0.25, 0.3) is 5.56 Å². The van der Waals surface area contributed by atoms with Gasteiger partial charge in [-0.15, -0.1) is 0 Å². The summed E-state index contributed by atoms with van der Waals surface area (Å²) in [5.41, 5.74) is 6.79. The average molecular weight is 305 g/mol. The van der Waals surface area contributed by atoms with Crippen molar-refractivity contribution in [3.63, 3.8) is 0 Å². The lowest BCUT2D eigenvalue weighted by atomic mass is 9.98. The molecule has 0 bridgehead atoms. The molecule has 118 valence electrons. The van der Waals surface area contributed by atoms with Crippen molar-refractivity contribution < 1.29 is 9.13 Å². The Morgan fingerprint density at radius 3 is 2.73 bits per heavy atom. The summed E-state index contributed by atoms with van der Waals surface area (Å²) in [4.78, 5) is 17.3. The van der Waals surface area contributed by atoms with Crippen LogP contribution in [0.1, 0.15) is 43.1 Å². The molecule has 2 heterocycles. The topological polar surface area (TPSA) is 70.1 Å². The highest BCUT2D eigenvalue weighted by Crippen LogP contribution is 2.27. The number of nitrogens with two attached hydrogens (primary N) is 1. The van der Waals surface area contributed by atoms with Crippen molar-refractivity contribution in [2.75, 3.05) is 13.2 Å². The van der Waals surface area contributed by atoms with E-state index in [1.54, 1.807) is 14.0 Å². The van der Waals surface area contributed by atoms with Crippen LogP contribution in [0.25, 0.3) is 10.9 Å². The van der Waals surface area contributed by atoms with Crippen LogP contribution in [0.5, 0.6) is 0 Å². The number of hydrogen-bond acceptors (Lipinski definition) is 4. The molecule has 0 spiro atoms. The van der Waals surface area contributed by atoms with Crippen LogP contribution in [0.2, 0.25) is 0 Å². The van der Waals surface area contributed by atoms with Crippen LogP contribution in [0, 0.1) is 5.82 Å². The number of nitrogens with zero attached hydrogens (tertiary/aromatic N) is 2. The molecule has 1 aliphatic heterocycles. The zero-order chi connectivity index (χ0) is 15.9. The Hall–Kier alpha value is -1.79. The Bertz CT molecular complexity index is 764. The third-order valence-electron chi connectivity index (χ3n) is 4.29. The fourth-order valence-electron chi connectivity index (χ4n) is 3.05. The van der Waals surface area contributed by atoms with E-state index in [1.807, 2.05) is 0 Å². The number of rotatable bonds is 2. The summed E-state index contributed by atoms with van der Waals surface area (Å²) in [6, 6.07) is 2.22. The Kier molecular flexibility index (Phi) is 3.97. The summed E-state index contributed by atoms with van der Waals surface area (Å²) in [6.07, 6.45) is 1.67. The van der Waals surface area contributed by atoms with Crippen LogP contribution in [0.3, 0.4) is 0 Å². The second kappa shape index (κ2) is 5.78. The number of benzene rings is 1. The summed E-state index contributed by atoms with van der Waals surface area (Å²) < 4.78 is 20.7. The Morgan fingerprint density at radius 2 is 2.09 bits per heavy atom. The maximum atomic E-state index is 13.8. The summed E-state index contributed by atoms with van der Waals surface area (Å²) in [6.45, 7) is 3.10. The van der Waals surface area contributed by atoms with Gasteiger partial charge in [0.15, 0.2) is 0 Å². The van der Waals surface area contributed by atoms with Gasteiger partial charge in [-0.2, -0.15) is 0 Å². The number of ether oxygens (including phenoxy) is 1. The standard InChI is InChI=1S/C16H20FN3O2/c1-9(18)12-7-11(17)8-13-14(12)19-15(20(2)16(13)21)10-3-5-22-6-4-10/h7-10H,3-6,18H2,1-2H3/t9-/m1/s1. The van der Waals surface area contributed by atoms with Crippen molar-refractivity contribution in [2.45, 2.75) is 31.7 Å². The Morgan fingerprint density at radius 1 is 1.41 bits per heavy atom. The van der Waals surface area contributed by atoms with Crippen LogP contribution in [-0.2, 0) is 11.8 Å². The van der Waals surface area contributed by atoms with E-state index in [0.29, 0.717) is 24.3 Å². The van der Waals surface area contributed by atoms with Crippen molar-refractivity contribution in [1.29, 1.82) is 0 Å². The molecule has 5 nitrogen and oxygen atoms in total. The van der Waals surface area contributed by atoms with E-state index in [1.165, 1.54) is 16.7 Å². The molecule has 1 saturated heterocycles. The van der Waals surface area contributed by atoms with E-state index in [4.69, 9.17) is 10.5 Å². The molecule has 1 fully saturated rings. The molecule has 2 aromatic rings. The van der Waals surface area contributed by atoms with Gasteiger partial charge in [0.2, 0.25) is 0 Å². The first-order valence-corrected chi connectivity index (χ1v) is 7.52. The third kappa shape index (κ3) is 2.53. The molecule has 0 radical (unpaired) electrons. The zero-order valence-electron chi connectivity index (χ0n) is 12.8. The Balaban J connectivity index is 2.27. The average Bonchev–Trinajstić information content (AvgIpc) is 2.51. The van der Waals surface area contributed by atoms with Crippen molar-refractivity contribution in [1.82, 2.24) is 9.55 Å². The molecular formula is C16H20FN3O2. The first-order valence-electron chi connectivity index (χ1n) is 7.52. The fraction of sp³-hybridized carbons (Fsp3) is 0.500. The first kappa shape index (κ1) is 15.1. The van der Waals surface area contributed by atoms with Crippen LogP contribution >= 0.6 is 0 Å². The molecule has 3 rings (SSSR count). The molecule has 2 N–H and O–H groups in total. The minimum absolute atomic E-state index is 0.182. The number of hydrogen-bond donors (Lipinski definition) is 1. The van der Waals surface area contributed by atoms with E-state index in [-0.39, 0.29) is 22.9 Å². The van der Waals surface area contributed by atoms with Gasteiger partial charge < -0.3 is 10.5 Å². The van der Waals surface area contributed by atoms with Crippen LogP contribution in [0.4, 0.5) is 4.39 Å². The van der Waals surface area contributed by atoms with E-state index in [9.17, 15) is 9.18 Å². The molecule has 1 aliphatic rings. The highest BCUT2D eigenvalue weighted by Gasteiger charge is 2.23. The molecule has 1 aromatic heterocycles. The van der Waals surface area contributed by atoms with E-state index in [0.717, 1.165) is 18.7 Å². The largest absolute Gasteiger partial charge is 0.381 e. The normalized spacial score (nSPS) is 17.8. The van der Waals surface area contributed by atoms with E-state index >= 15 is 0 Å². The van der Waals surface area contributed by atoms with Crippen molar-refractivity contribution in [2.24, 2.45) is 12.8 Å². The minimum atomic E-state index is -0.461. The lowest BCUT2D eigenvalue weighted by Gasteiger charge is -2.24. The molecule has 0 unspecified atom stereocenters. The smallest absolute Gasteiger partial charge is 0.261 e. The summed E-state index contributed by atoms with van der Waals surface area (Å²) >= 11 is 0. The quantitative estimate of drug-likeness (QED) is 0.921. The second-order valence-corrected chi connectivity index (χ2v) is 5.90. The van der Waals surface area contributed by atoms with Crippen molar-refractivity contribution in [3.05, 3.63) is 39.7 Å². The fourth-order valence-corrected chi connectivity index (χ4v) is 3.05. The molecule has 1 atom stereocenters. The van der Waals surface area contributed by atoms with Crippen LogP contribution in [0.15, 0.2) is 16.9 Å². The van der Waals surface area contributed by atoms with Gasteiger partial charge in [0, 0.05) is 32.2 Å². The lowest BCUT2D eigenvalue weighted by Crippen LogP contribution is -2.27. The molecule has 0 aliphatic carbocycles. The monoisotopic (exact) mass is 305 g/mol. The number of halogens is 1. The maximum absolute atomic E-state index is 13.8. The zero-order valence-corrected chi connectivity index (χ0v) is 12.8. The van der Waals surface area contributed by atoms with Gasteiger partial charge >= 0.3 is 0 Å². The molecule has 1 aromatic carbocycles. The Labute approximate surface area is 127 Å². The molecule has 0 saturated carbocycles. The lowest BCUT2D eigenvalue weighted by molar-refractivity contribution is 0.0828. The van der Waals surface area contributed by atoms with Crippen LogP contribution in [-0.4, -0.2) is 22.8 Å². The van der Waals surface area contributed by atoms with Gasteiger partial charge in [-0.1, -0.05) is 0 Å². The maximum Gasteiger partial charge on any atom is 0.261 e. The highest BCUT2D eigenvalue weighted by molar-refractivity contribution is 5.81. The van der Waals surface area contributed by atoms with E-state index < -0.39 is 5.82 Å². The van der Waals surface area contributed by atoms with Gasteiger partial charge in [-0.25, -0.2) is 9.37 Å². The van der Waals surface area contributed by atoms with E-state index in [2.05, 4.69) is 4.98 Å². The summed E-state index contributed by atoms with van der Waals surface area (Å²) in [5, 5.41) is 0.283. The second-order valence-electron chi connectivity index (χ2n) is 5.90. The number of aromatic nitrogens is 2. The van der Waals surface area contributed by atoms with Gasteiger partial charge in [-0.3, -0.25) is 9.36 Å². The SMILES string of the molecule is C[C@@H](N)c1cc(F)cc2c(=O)n(C)c(C3CCOCC3)nc12. The van der Waals surface area contributed by atoms with Crippen molar-refractivity contribution >= 4 is 10.9 Å². The van der Waals surface area contributed by atoms with Crippen LogP contribution < -0.4 is 11.3 Å². The first-order chi connectivity index (χ1) is 10.5. The summed E-state index contributed by atoms with van der Waals surface area (Å²) in [7, 11) is 1.69. The van der Waals surface area contributed by atoms with Crippen molar-refractivity contribution in [3.8, 4) is 0 Å².